The highest BCUT2D eigenvalue weighted by Crippen LogP contribution is 2.29. The van der Waals surface area contributed by atoms with E-state index in [1.807, 2.05) is 24.0 Å². The second-order valence-electron chi connectivity index (χ2n) is 7.49. The number of hydrogen-bond acceptors (Lipinski definition) is 7. The van der Waals surface area contributed by atoms with Gasteiger partial charge in [0.1, 0.15) is 0 Å². The Kier molecular flexibility index (Phi) is 6.17. The molecule has 3 aromatic rings. The van der Waals surface area contributed by atoms with Crippen LogP contribution in [-0.4, -0.2) is 54.6 Å². The highest BCUT2D eigenvalue weighted by atomic mass is 32.2. The fourth-order valence-electron chi connectivity index (χ4n) is 3.78. The second kappa shape index (κ2) is 8.99. The van der Waals surface area contributed by atoms with Crippen molar-refractivity contribution >= 4 is 17.7 Å². The number of thioether (sulfide) groups is 1. The quantitative estimate of drug-likeness (QED) is 0.558. The van der Waals surface area contributed by atoms with Gasteiger partial charge >= 0.3 is 0 Å². The number of carbonyl (C=O) groups excluding carboxylic acids is 1. The normalized spacial score (nSPS) is 15.0. The van der Waals surface area contributed by atoms with Crippen LogP contribution < -0.4 is 0 Å². The molecule has 30 heavy (non-hydrogen) atoms. The average molecular weight is 427 g/mol. The van der Waals surface area contributed by atoms with E-state index in [0.29, 0.717) is 30.6 Å². The number of amides is 1. The van der Waals surface area contributed by atoms with Crippen molar-refractivity contribution in [3.8, 4) is 11.4 Å². The summed E-state index contributed by atoms with van der Waals surface area (Å²) < 4.78 is 7.36. The van der Waals surface area contributed by atoms with E-state index in [2.05, 4.69) is 50.9 Å². The van der Waals surface area contributed by atoms with E-state index >= 15 is 0 Å². The Balaban J connectivity index is 1.36. The average Bonchev–Trinajstić information content (AvgIpc) is 3.38. The van der Waals surface area contributed by atoms with E-state index < -0.39 is 0 Å². The molecule has 0 saturated carbocycles. The van der Waals surface area contributed by atoms with Gasteiger partial charge in [0, 0.05) is 31.1 Å². The van der Waals surface area contributed by atoms with Gasteiger partial charge in [-0.3, -0.25) is 4.79 Å². The molecular weight excluding hydrogens is 400 g/mol. The van der Waals surface area contributed by atoms with Crippen molar-refractivity contribution in [3.05, 3.63) is 41.5 Å². The van der Waals surface area contributed by atoms with E-state index in [0.717, 1.165) is 41.5 Å². The molecule has 158 valence electrons. The summed E-state index contributed by atoms with van der Waals surface area (Å²) >= 11 is 1.45. The maximum atomic E-state index is 12.7. The van der Waals surface area contributed by atoms with Gasteiger partial charge in [-0.15, -0.1) is 10.2 Å². The van der Waals surface area contributed by atoms with Crippen molar-refractivity contribution in [2.24, 2.45) is 0 Å². The van der Waals surface area contributed by atoms with Gasteiger partial charge in [0.25, 0.3) is 0 Å². The van der Waals surface area contributed by atoms with Gasteiger partial charge in [-0.05, 0) is 39.2 Å². The molecular formula is C21H26N6O2S. The number of hydrogen-bond donors (Lipinski definition) is 0. The van der Waals surface area contributed by atoms with Crippen LogP contribution in [0.25, 0.3) is 11.4 Å². The summed E-state index contributed by atoms with van der Waals surface area (Å²) in [5, 5.41) is 13.4. The third-order valence-corrected chi connectivity index (χ3v) is 6.44. The minimum Gasteiger partial charge on any atom is -0.342 e. The lowest BCUT2D eigenvalue weighted by molar-refractivity contribution is -0.129. The molecule has 1 aliphatic rings. The SMILES string of the molecule is CCn1c(SCC(=O)N2CCC(c3nc(C)no3)CC2)nnc1-c1ccccc1C. The third-order valence-electron chi connectivity index (χ3n) is 5.48. The molecule has 9 heteroatoms. The van der Waals surface area contributed by atoms with Crippen molar-refractivity contribution in [1.29, 1.82) is 0 Å². The van der Waals surface area contributed by atoms with E-state index in [1.54, 1.807) is 0 Å². The van der Waals surface area contributed by atoms with Crippen LogP contribution in [0.1, 0.15) is 43.0 Å². The number of piperidine rings is 1. The molecule has 0 radical (unpaired) electrons. The molecule has 1 fully saturated rings. The molecule has 0 bridgehead atoms. The first-order chi connectivity index (χ1) is 14.6. The first-order valence-electron chi connectivity index (χ1n) is 10.3. The Morgan fingerprint density at radius 2 is 1.97 bits per heavy atom. The zero-order valence-electron chi connectivity index (χ0n) is 17.5. The molecule has 0 atom stereocenters. The summed E-state index contributed by atoms with van der Waals surface area (Å²) in [5.41, 5.74) is 2.23. The number of likely N-dealkylation sites (tertiary alicyclic amines) is 1. The van der Waals surface area contributed by atoms with Crippen LogP contribution in [0.15, 0.2) is 33.9 Å². The molecule has 0 aliphatic carbocycles. The van der Waals surface area contributed by atoms with Crippen LogP contribution in [0.4, 0.5) is 0 Å². The van der Waals surface area contributed by atoms with Crippen molar-refractivity contribution in [1.82, 2.24) is 29.8 Å². The van der Waals surface area contributed by atoms with Gasteiger partial charge in [-0.1, -0.05) is 41.2 Å². The number of benzene rings is 1. The molecule has 1 saturated heterocycles. The lowest BCUT2D eigenvalue weighted by atomic mass is 9.97. The number of aryl methyl sites for hydroxylation is 2. The Morgan fingerprint density at radius 3 is 2.63 bits per heavy atom. The van der Waals surface area contributed by atoms with E-state index in [4.69, 9.17) is 4.52 Å². The van der Waals surface area contributed by atoms with Crippen LogP contribution in [0.5, 0.6) is 0 Å². The zero-order valence-corrected chi connectivity index (χ0v) is 18.4. The Morgan fingerprint density at radius 1 is 1.20 bits per heavy atom. The predicted molar refractivity (Wildman–Crippen MR) is 114 cm³/mol. The molecule has 8 nitrogen and oxygen atoms in total. The van der Waals surface area contributed by atoms with Crippen LogP contribution in [-0.2, 0) is 11.3 Å². The van der Waals surface area contributed by atoms with Crippen LogP contribution in [0.3, 0.4) is 0 Å². The molecule has 0 unspecified atom stereocenters. The Labute approximate surface area is 180 Å². The lowest BCUT2D eigenvalue weighted by Crippen LogP contribution is -2.39. The minimum atomic E-state index is 0.128. The molecule has 1 aliphatic heterocycles. The summed E-state index contributed by atoms with van der Waals surface area (Å²) in [6, 6.07) is 8.15. The highest BCUT2D eigenvalue weighted by molar-refractivity contribution is 7.99. The molecule has 0 spiro atoms. The summed E-state index contributed by atoms with van der Waals surface area (Å²) in [4.78, 5) is 19.0. The van der Waals surface area contributed by atoms with Gasteiger partial charge in [0.2, 0.25) is 11.8 Å². The number of aromatic nitrogens is 5. The minimum absolute atomic E-state index is 0.128. The van der Waals surface area contributed by atoms with Crippen LogP contribution >= 0.6 is 11.8 Å². The Bertz CT molecular complexity index is 1020. The monoisotopic (exact) mass is 426 g/mol. The molecule has 1 amide bonds. The summed E-state index contributed by atoms with van der Waals surface area (Å²) in [5.74, 6) is 2.92. The van der Waals surface area contributed by atoms with Crippen molar-refractivity contribution in [2.45, 2.75) is 51.2 Å². The summed E-state index contributed by atoms with van der Waals surface area (Å²) in [6.45, 7) is 8.13. The van der Waals surface area contributed by atoms with E-state index in [-0.39, 0.29) is 11.8 Å². The first-order valence-corrected chi connectivity index (χ1v) is 11.2. The number of rotatable bonds is 6. The third kappa shape index (κ3) is 4.26. The van der Waals surface area contributed by atoms with Gasteiger partial charge in [-0.2, -0.15) is 4.98 Å². The maximum Gasteiger partial charge on any atom is 0.233 e. The van der Waals surface area contributed by atoms with Crippen LogP contribution in [0, 0.1) is 13.8 Å². The maximum absolute atomic E-state index is 12.7. The van der Waals surface area contributed by atoms with E-state index in [9.17, 15) is 4.79 Å². The highest BCUT2D eigenvalue weighted by Gasteiger charge is 2.27. The molecule has 3 heterocycles. The summed E-state index contributed by atoms with van der Waals surface area (Å²) in [6.07, 6.45) is 1.70. The summed E-state index contributed by atoms with van der Waals surface area (Å²) in [7, 11) is 0. The van der Waals surface area contributed by atoms with Gasteiger partial charge in [0.05, 0.1) is 5.75 Å². The molecule has 0 N–H and O–H groups in total. The molecule has 4 rings (SSSR count). The zero-order chi connectivity index (χ0) is 21.1. The Hall–Kier alpha value is -2.68. The molecule has 2 aromatic heterocycles. The number of nitrogens with zero attached hydrogens (tertiary/aromatic N) is 6. The second-order valence-corrected chi connectivity index (χ2v) is 8.43. The number of carbonyl (C=O) groups is 1. The first kappa shape index (κ1) is 20.6. The van der Waals surface area contributed by atoms with E-state index in [1.165, 1.54) is 11.8 Å². The fraction of sp³-hybridized carbons (Fsp3) is 0.476. The smallest absolute Gasteiger partial charge is 0.233 e. The van der Waals surface area contributed by atoms with Gasteiger partial charge in [-0.25, -0.2) is 0 Å². The standard InChI is InChI=1S/C21H26N6O2S/c1-4-27-19(17-8-6-5-7-14(17)2)23-24-21(27)30-13-18(28)26-11-9-16(10-12-26)20-22-15(3)25-29-20/h5-8,16H,4,9-13H2,1-3H3. The topological polar surface area (TPSA) is 89.9 Å². The fourth-order valence-corrected chi connectivity index (χ4v) is 4.68. The van der Waals surface area contributed by atoms with Crippen LogP contribution in [0.2, 0.25) is 0 Å². The largest absolute Gasteiger partial charge is 0.342 e. The van der Waals surface area contributed by atoms with Gasteiger partial charge < -0.3 is 14.0 Å². The molecule has 1 aromatic carbocycles. The van der Waals surface area contributed by atoms with Crippen molar-refractivity contribution in [2.75, 3.05) is 18.8 Å². The van der Waals surface area contributed by atoms with Crippen molar-refractivity contribution < 1.29 is 9.32 Å². The van der Waals surface area contributed by atoms with Gasteiger partial charge in [0.15, 0.2) is 16.8 Å². The lowest BCUT2D eigenvalue weighted by Gasteiger charge is -2.30. The predicted octanol–water partition coefficient (Wildman–Crippen LogP) is 3.46. The van der Waals surface area contributed by atoms with Crippen molar-refractivity contribution in [3.63, 3.8) is 0 Å².